The number of carbonyl (C=O) groups is 1. The predicted molar refractivity (Wildman–Crippen MR) is 94.6 cm³/mol. The van der Waals surface area contributed by atoms with Gasteiger partial charge in [0.1, 0.15) is 0 Å². The molecule has 0 radical (unpaired) electrons. The number of hydrogen-bond acceptors (Lipinski definition) is 3. The first kappa shape index (κ1) is 16.6. The van der Waals surface area contributed by atoms with Gasteiger partial charge in [0.15, 0.2) is 0 Å². The summed E-state index contributed by atoms with van der Waals surface area (Å²) in [4.78, 5) is 12.9. The summed E-state index contributed by atoms with van der Waals surface area (Å²) in [6, 6.07) is 5.90. The van der Waals surface area contributed by atoms with Crippen molar-refractivity contribution in [2.45, 2.75) is 50.4 Å². The van der Waals surface area contributed by atoms with Crippen molar-refractivity contribution in [3.63, 3.8) is 0 Å². The molecule has 0 spiro atoms. The zero-order valence-corrected chi connectivity index (χ0v) is 15.5. The summed E-state index contributed by atoms with van der Waals surface area (Å²) in [6.45, 7) is 0.418. The van der Waals surface area contributed by atoms with Crippen LogP contribution in [0.5, 0.6) is 0 Å². The molecular weight excluding hydrogens is 370 g/mol. The van der Waals surface area contributed by atoms with Gasteiger partial charge in [0.25, 0.3) is 5.91 Å². The van der Waals surface area contributed by atoms with Crippen molar-refractivity contribution in [3.8, 4) is 0 Å². The molecule has 4 aliphatic carbocycles. The van der Waals surface area contributed by atoms with Gasteiger partial charge in [0, 0.05) is 23.2 Å². The SMILES string of the molecule is COCc1cc(Br)ccc1C(=O)N[C@H]1C2CC3CC1C[C@](O)(C3)C2. The number of rotatable bonds is 4. The normalized spacial score (nSPS) is 36.8. The van der Waals surface area contributed by atoms with Gasteiger partial charge in [0.05, 0.1) is 12.2 Å². The van der Waals surface area contributed by atoms with E-state index >= 15 is 0 Å². The summed E-state index contributed by atoms with van der Waals surface area (Å²) in [5.74, 6) is 1.48. The van der Waals surface area contributed by atoms with Crippen LogP contribution in [0, 0.1) is 17.8 Å². The highest BCUT2D eigenvalue weighted by Gasteiger charge is 2.55. The van der Waals surface area contributed by atoms with Gasteiger partial charge < -0.3 is 15.2 Å². The molecule has 1 amide bonds. The van der Waals surface area contributed by atoms with E-state index in [-0.39, 0.29) is 11.9 Å². The highest BCUT2D eigenvalue weighted by atomic mass is 79.9. The lowest BCUT2D eigenvalue weighted by molar-refractivity contribution is -0.136. The number of benzene rings is 1. The fourth-order valence-electron chi connectivity index (χ4n) is 5.50. The third-order valence-electron chi connectivity index (χ3n) is 6.15. The molecule has 0 heterocycles. The lowest BCUT2D eigenvalue weighted by Crippen LogP contribution is -2.61. The summed E-state index contributed by atoms with van der Waals surface area (Å²) in [5.41, 5.74) is 1.12. The van der Waals surface area contributed by atoms with Crippen LogP contribution in [0.4, 0.5) is 0 Å². The number of carbonyl (C=O) groups excluding carboxylic acids is 1. The van der Waals surface area contributed by atoms with Crippen LogP contribution in [0.3, 0.4) is 0 Å². The second-order valence-corrected chi connectivity index (χ2v) is 8.84. The molecule has 130 valence electrons. The monoisotopic (exact) mass is 393 g/mol. The molecule has 0 aromatic heterocycles. The van der Waals surface area contributed by atoms with Crippen LogP contribution in [0.2, 0.25) is 0 Å². The van der Waals surface area contributed by atoms with Crippen molar-refractivity contribution in [1.29, 1.82) is 0 Å². The lowest BCUT2D eigenvalue weighted by Gasteiger charge is -2.58. The maximum atomic E-state index is 12.9. The second kappa shape index (κ2) is 6.11. The fraction of sp³-hybridized carbons (Fsp3) is 0.632. The Morgan fingerprint density at radius 3 is 2.67 bits per heavy atom. The van der Waals surface area contributed by atoms with Crippen molar-refractivity contribution in [3.05, 3.63) is 33.8 Å². The molecule has 4 saturated carbocycles. The van der Waals surface area contributed by atoms with Crippen molar-refractivity contribution in [1.82, 2.24) is 5.32 Å². The molecule has 2 N–H and O–H groups in total. The Morgan fingerprint density at radius 2 is 2.04 bits per heavy atom. The Hall–Kier alpha value is -0.910. The maximum absolute atomic E-state index is 12.9. The number of methoxy groups -OCH3 is 1. The van der Waals surface area contributed by atoms with Crippen LogP contribution in [0.25, 0.3) is 0 Å². The van der Waals surface area contributed by atoms with E-state index in [1.54, 1.807) is 7.11 Å². The summed E-state index contributed by atoms with van der Waals surface area (Å²) in [6.07, 6.45) is 4.95. The van der Waals surface area contributed by atoms with Gasteiger partial charge in [-0.05, 0) is 73.6 Å². The largest absolute Gasteiger partial charge is 0.390 e. The molecule has 4 nitrogen and oxygen atoms in total. The Labute approximate surface area is 151 Å². The highest BCUT2D eigenvalue weighted by Crippen LogP contribution is 2.55. The van der Waals surface area contributed by atoms with Crippen LogP contribution in [0.15, 0.2) is 22.7 Å². The molecule has 2 atom stereocenters. The van der Waals surface area contributed by atoms with E-state index in [1.807, 2.05) is 18.2 Å². The number of hydrogen-bond donors (Lipinski definition) is 2. The quantitative estimate of drug-likeness (QED) is 0.824. The van der Waals surface area contributed by atoms with E-state index < -0.39 is 5.60 Å². The molecule has 1 aromatic rings. The smallest absolute Gasteiger partial charge is 0.251 e. The van der Waals surface area contributed by atoms with Gasteiger partial charge >= 0.3 is 0 Å². The van der Waals surface area contributed by atoms with E-state index in [2.05, 4.69) is 21.2 Å². The summed E-state index contributed by atoms with van der Waals surface area (Å²) < 4.78 is 6.18. The van der Waals surface area contributed by atoms with Crippen molar-refractivity contribution in [2.75, 3.05) is 7.11 Å². The average Bonchev–Trinajstić information content (AvgIpc) is 2.49. The van der Waals surface area contributed by atoms with Crippen LogP contribution >= 0.6 is 15.9 Å². The molecule has 24 heavy (non-hydrogen) atoms. The van der Waals surface area contributed by atoms with Crippen molar-refractivity contribution in [2.24, 2.45) is 17.8 Å². The Balaban J connectivity index is 1.53. The van der Waals surface area contributed by atoms with E-state index in [0.717, 1.165) is 42.1 Å². The molecule has 2 unspecified atom stereocenters. The molecule has 4 fully saturated rings. The molecule has 5 rings (SSSR count). The van der Waals surface area contributed by atoms with Gasteiger partial charge in [-0.25, -0.2) is 0 Å². The Morgan fingerprint density at radius 1 is 1.33 bits per heavy atom. The van der Waals surface area contributed by atoms with Gasteiger partial charge in [0.2, 0.25) is 0 Å². The van der Waals surface area contributed by atoms with E-state index in [4.69, 9.17) is 4.74 Å². The standard InChI is InChI=1S/C19H24BrNO3/c1-24-10-14-6-15(20)2-3-16(14)18(22)21-17-12-4-11-5-13(17)9-19(23,7-11)8-12/h2-3,6,11-13,17,23H,4-5,7-10H2,1H3,(H,21,22)/t11?,12?,13?,17-,19-. The molecule has 0 aliphatic heterocycles. The molecule has 4 aliphatic rings. The van der Waals surface area contributed by atoms with Crippen LogP contribution in [0.1, 0.15) is 48.0 Å². The third-order valence-corrected chi connectivity index (χ3v) is 6.64. The van der Waals surface area contributed by atoms with Gasteiger partial charge in [-0.3, -0.25) is 4.79 Å². The first-order chi connectivity index (χ1) is 11.5. The van der Waals surface area contributed by atoms with E-state index in [9.17, 15) is 9.90 Å². The Kier molecular flexibility index (Phi) is 4.22. The van der Waals surface area contributed by atoms with Gasteiger partial charge in [-0.1, -0.05) is 15.9 Å². The first-order valence-corrected chi connectivity index (χ1v) is 9.57. The molecular formula is C19H24BrNO3. The van der Waals surface area contributed by atoms with Gasteiger partial charge in [-0.15, -0.1) is 0 Å². The fourth-order valence-corrected chi connectivity index (χ4v) is 5.91. The summed E-state index contributed by atoms with van der Waals surface area (Å²) in [7, 11) is 1.64. The molecule has 1 aromatic carbocycles. The summed E-state index contributed by atoms with van der Waals surface area (Å²) in [5, 5.41) is 14.0. The average molecular weight is 394 g/mol. The van der Waals surface area contributed by atoms with Crippen LogP contribution in [-0.2, 0) is 11.3 Å². The zero-order chi connectivity index (χ0) is 16.9. The maximum Gasteiger partial charge on any atom is 0.251 e. The van der Waals surface area contributed by atoms with E-state index in [1.165, 1.54) is 0 Å². The van der Waals surface area contributed by atoms with Crippen LogP contribution < -0.4 is 5.32 Å². The minimum atomic E-state index is -0.462. The number of halogens is 1. The molecule has 5 heteroatoms. The lowest BCUT2D eigenvalue weighted by atomic mass is 9.52. The third kappa shape index (κ3) is 2.91. The Bertz CT molecular complexity index is 646. The van der Waals surface area contributed by atoms with Crippen molar-refractivity contribution < 1.29 is 14.6 Å². The second-order valence-electron chi connectivity index (χ2n) is 7.93. The summed E-state index contributed by atoms with van der Waals surface area (Å²) >= 11 is 3.46. The number of ether oxygens (including phenoxy) is 1. The minimum absolute atomic E-state index is 0.0148. The van der Waals surface area contributed by atoms with E-state index in [0.29, 0.717) is 29.9 Å². The molecule has 0 saturated heterocycles. The topological polar surface area (TPSA) is 58.6 Å². The number of amides is 1. The molecule has 4 bridgehead atoms. The zero-order valence-electron chi connectivity index (χ0n) is 13.9. The number of aliphatic hydroxyl groups is 1. The number of nitrogens with one attached hydrogen (secondary N) is 1. The van der Waals surface area contributed by atoms with Gasteiger partial charge in [-0.2, -0.15) is 0 Å². The van der Waals surface area contributed by atoms with Crippen molar-refractivity contribution >= 4 is 21.8 Å². The highest BCUT2D eigenvalue weighted by molar-refractivity contribution is 9.10. The minimum Gasteiger partial charge on any atom is -0.390 e. The van der Waals surface area contributed by atoms with Crippen LogP contribution in [-0.4, -0.2) is 29.8 Å². The predicted octanol–water partition coefficient (Wildman–Crippen LogP) is 3.26. The first-order valence-electron chi connectivity index (χ1n) is 8.78.